The smallest absolute Gasteiger partial charge is 0.0540 e. The zero-order valence-corrected chi connectivity index (χ0v) is 8.26. The van der Waals surface area contributed by atoms with Crippen LogP contribution < -0.4 is 0 Å². The molecule has 0 aliphatic carbocycles. The molecule has 1 N–H and O–H groups in total. The largest absolute Gasteiger partial charge is 0.393 e. The molecule has 0 bridgehead atoms. The predicted octanol–water partition coefficient (Wildman–Crippen LogP) is 3.28. The molecule has 0 saturated heterocycles. The van der Waals surface area contributed by atoms with Crippen LogP contribution in [-0.4, -0.2) is 11.2 Å². The first-order chi connectivity index (χ1) is 5.81. The molecule has 0 rings (SSSR count). The lowest BCUT2D eigenvalue weighted by Gasteiger charge is -2.08. The molecule has 0 aromatic carbocycles. The van der Waals surface area contributed by atoms with Crippen LogP contribution in [0.2, 0.25) is 0 Å². The molecular formula is C11H22O. The van der Waals surface area contributed by atoms with Crippen molar-refractivity contribution in [3.63, 3.8) is 0 Å². The normalized spacial score (nSPS) is 12.8. The Morgan fingerprint density at radius 3 is 2.50 bits per heavy atom. The van der Waals surface area contributed by atoms with Gasteiger partial charge in [0.2, 0.25) is 0 Å². The third kappa shape index (κ3) is 7.80. The predicted molar refractivity (Wildman–Crippen MR) is 54.2 cm³/mol. The maximum absolute atomic E-state index is 9.47. The van der Waals surface area contributed by atoms with Crippen molar-refractivity contribution in [2.24, 2.45) is 0 Å². The van der Waals surface area contributed by atoms with E-state index in [1.807, 2.05) is 6.08 Å². The SMILES string of the molecule is C=CCCC[C@@H](O)CCCCC. The van der Waals surface area contributed by atoms with Crippen LogP contribution in [-0.2, 0) is 0 Å². The minimum Gasteiger partial charge on any atom is -0.393 e. The van der Waals surface area contributed by atoms with Gasteiger partial charge in [-0.15, -0.1) is 6.58 Å². The summed E-state index contributed by atoms with van der Waals surface area (Å²) in [5, 5.41) is 9.47. The quantitative estimate of drug-likeness (QED) is 0.438. The third-order valence-electron chi connectivity index (χ3n) is 2.09. The van der Waals surface area contributed by atoms with E-state index in [1.165, 1.54) is 19.3 Å². The van der Waals surface area contributed by atoms with E-state index in [-0.39, 0.29) is 6.10 Å². The lowest BCUT2D eigenvalue weighted by Crippen LogP contribution is -2.05. The summed E-state index contributed by atoms with van der Waals surface area (Å²) in [4.78, 5) is 0. The molecule has 0 aliphatic heterocycles. The average Bonchev–Trinajstić information content (AvgIpc) is 2.06. The second kappa shape index (κ2) is 8.79. The molecule has 12 heavy (non-hydrogen) atoms. The zero-order valence-electron chi connectivity index (χ0n) is 8.26. The third-order valence-corrected chi connectivity index (χ3v) is 2.09. The van der Waals surface area contributed by atoms with E-state index in [4.69, 9.17) is 0 Å². The number of aliphatic hydroxyl groups is 1. The van der Waals surface area contributed by atoms with Gasteiger partial charge in [-0.2, -0.15) is 0 Å². The van der Waals surface area contributed by atoms with Crippen LogP contribution in [0.25, 0.3) is 0 Å². The molecule has 0 radical (unpaired) electrons. The van der Waals surface area contributed by atoms with E-state index in [9.17, 15) is 5.11 Å². The monoisotopic (exact) mass is 170 g/mol. The molecule has 0 spiro atoms. The highest BCUT2D eigenvalue weighted by molar-refractivity contribution is 4.67. The fourth-order valence-electron chi connectivity index (χ4n) is 1.27. The number of hydrogen-bond acceptors (Lipinski definition) is 1. The Kier molecular flexibility index (Phi) is 8.57. The second-order valence-electron chi connectivity index (χ2n) is 3.37. The van der Waals surface area contributed by atoms with Crippen LogP contribution in [0.15, 0.2) is 12.7 Å². The number of hydrogen-bond donors (Lipinski definition) is 1. The Morgan fingerprint density at radius 2 is 1.92 bits per heavy atom. The van der Waals surface area contributed by atoms with Gasteiger partial charge in [0.25, 0.3) is 0 Å². The van der Waals surface area contributed by atoms with Crippen LogP contribution in [0, 0.1) is 0 Å². The van der Waals surface area contributed by atoms with Crippen molar-refractivity contribution in [1.29, 1.82) is 0 Å². The van der Waals surface area contributed by atoms with E-state index in [0.717, 1.165) is 25.7 Å². The number of unbranched alkanes of at least 4 members (excludes halogenated alkanes) is 3. The van der Waals surface area contributed by atoms with Crippen molar-refractivity contribution in [3.05, 3.63) is 12.7 Å². The summed E-state index contributed by atoms with van der Waals surface area (Å²) >= 11 is 0. The molecule has 0 amide bonds. The summed E-state index contributed by atoms with van der Waals surface area (Å²) in [5.74, 6) is 0. The van der Waals surface area contributed by atoms with Gasteiger partial charge in [-0.3, -0.25) is 0 Å². The first kappa shape index (κ1) is 11.7. The summed E-state index contributed by atoms with van der Waals surface area (Å²) < 4.78 is 0. The highest BCUT2D eigenvalue weighted by atomic mass is 16.3. The van der Waals surface area contributed by atoms with Crippen LogP contribution >= 0.6 is 0 Å². The summed E-state index contributed by atoms with van der Waals surface area (Å²) in [6, 6.07) is 0. The Labute approximate surface area is 76.5 Å². The van der Waals surface area contributed by atoms with Crippen LogP contribution in [0.5, 0.6) is 0 Å². The molecule has 0 fully saturated rings. The van der Waals surface area contributed by atoms with Crippen LogP contribution in [0.3, 0.4) is 0 Å². The van der Waals surface area contributed by atoms with Crippen molar-refractivity contribution >= 4 is 0 Å². The zero-order chi connectivity index (χ0) is 9.23. The molecule has 0 aromatic rings. The average molecular weight is 170 g/mol. The highest BCUT2D eigenvalue weighted by Crippen LogP contribution is 2.09. The van der Waals surface area contributed by atoms with Gasteiger partial charge in [-0.25, -0.2) is 0 Å². The molecule has 1 nitrogen and oxygen atoms in total. The fourth-order valence-corrected chi connectivity index (χ4v) is 1.27. The topological polar surface area (TPSA) is 20.2 Å². The summed E-state index contributed by atoms with van der Waals surface area (Å²) in [7, 11) is 0. The van der Waals surface area contributed by atoms with Gasteiger partial charge in [-0.1, -0.05) is 32.3 Å². The Morgan fingerprint density at radius 1 is 1.25 bits per heavy atom. The minimum absolute atomic E-state index is 0.0727. The molecule has 0 aliphatic rings. The first-order valence-electron chi connectivity index (χ1n) is 5.10. The van der Waals surface area contributed by atoms with E-state index in [0.29, 0.717) is 0 Å². The Hall–Kier alpha value is -0.300. The lowest BCUT2D eigenvalue weighted by atomic mass is 10.1. The molecule has 0 unspecified atom stereocenters. The van der Waals surface area contributed by atoms with Gasteiger partial charge in [-0.05, 0) is 25.7 Å². The first-order valence-corrected chi connectivity index (χ1v) is 5.10. The molecule has 0 saturated carbocycles. The van der Waals surface area contributed by atoms with E-state index >= 15 is 0 Å². The Balaban J connectivity index is 3.09. The van der Waals surface area contributed by atoms with Crippen molar-refractivity contribution in [2.45, 2.75) is 58.0 Å². The van der Waals surface area contributed by atoms with Gasteiger partial charge in [0.1, 0.15) is 0 Å². The lowest BCUT2D eigenvalue weighted by molar-refractivity contribution is 0.149. The molecular weight excluding hydrogens is 148 g/mol. The van der Waals surface area contributed by atoms with Crippen LogP contribution in [0.1, 0.15) is 51.9 Å². The van der Waals surface area contributed by atoms with Gasteiger partial charge in [0, 0.05) is 0 Å². The summed E-state index contributed by atoms with van der Waals surface area (Å²) in [6.07, 6.45) is 9.53. The number of aliphatic hydroxyl groups excluding tert-OH is 1. The number of rotatable bonds is 8. The molecule has 0 heterocycles. The van der Waals surface area contributed by atoms with Crippen molar-refractivity contribution < 1.29 is 5.11 Å². The van der Waals surface area contributed by atoms with E-state index < -0.39 is 0 Å². The number of allylic oxidation sites excluding steroid dienone is 1. The second-order valence-corrected chi connectivity index (χ2v) is 3.37. The van der Waals surface area contributed by atoms with Crippen LogP contribution in [0.4, 0.5) is 0 Å². The van der Waals surface area contributed by atoms with E-state index in [2.05, 4.69) is 13.5 Å². The van der Waals surface area contributed by atoms with Gasteiger partial charge in [0.05, 0.1) is 6.10 Å². The highest BCUT2D eigenvalue weighted by Gasteiger charge is 2.01. The molecule has 0 aromatic heterocycles. The standard InChI is InChI=1S/C11H22O/c1-3-5-7-9-11(12)10-8-6-4-2/h3,11-12H,1,4-10H2,2H3/t11-/m1/s1. The fraction of sp³-hybridized carbons (Fsp3) is 0.818. The van der Waals surface area contributed by atoms with E-state index in [1.54, 1.807) is 0 Å². The maximum atomic E-state index is 9.47. The minimum atomic E-state index is -0.0727. The summed E-state index contributed by atoms with van der Waals surface area (Å²) in [5.41, 5.74) is 0. The molecule has 1 atom stereocenters. The molecule has 72 valence electrons. The van der Waals surface area contributed by atoms with Gasteiger partial charge >= 0.3 is 0 Å². The maximum Gasteiger partial charge on any atom is 0.0540 e. The van der Waals surface area contributed by atoms with Gasteiger partial charge < -0.3 is 5.11 Å². The van der Waals surface area contributed by atoms with Crippen molar-refractivity contribution in [3.8, 4) is 0 Å². The van der Waals surface area contributed by atoms with Crippen molar-refractivity contribution in [2.75, 3.05) is 0 Å². The Bertz CT molecular complexity index is 99.2. The van der Waals surface area contributed by atoms with Crippen molar-refractivity contribution in [1.82, 2.24) is 0 Å². The van der Waals surface area contributed by atoms with Gasteiger partial charge in [0.15, 0.2) is 0 Å². The molecule has 1 heteroatoms. The summed E-state index contributed by atoms with van der Waals surface area (Å²) in [6.45, 7) is 5.84.